The van der Waals surface area contributed by atoms with Crippen molar-refractivity contribution < 1.29 is 35.3 Å². The van der Waals surface area contributed by atoms with Crippen LogP contribution in [-0.4, -0.2) is 42.3 Å². The van der Waals surface area contributed by atoms with E-state index in [4.69, 9.17) is 4.74 Å². The number of ether oxygens (including phenoxy) is 1. The lowest BCUT2D eigenvalue weighted by Crippen LogP contribution is -2.59. The second-order valence-corrected chi connectivity index (χ2v) is 16.7. The first-order valence-electron chi connectivity index (χ1n) is 15.5. The first-order valence-corrected chi connectivity index (χ1v) is 18.4. The Bertz CT molecular complexity index is 1410. The molecule has 42 heavy (non-hydrogen) atoms. The van der Waals surface area contributed by atoms with Gasteiger partial charge < -0.3 is 9.29 Å². The Morgan fingerprint density at radius 2 is 1.67 bits per heavy atom. The minimum atomic E-state index is -6.40. The average molecular weight is 629 g/mol. The molecule has 0 N–H and O–H groups in total. The van der Waals surface area contributed by atoms with Crippen LogP contribution in [0.3, 0.4) is 0 Å². The predicted octanol–water partition coefficient (Wildman–Crippen LogP) is 8.01. The van der Waals surface area contributed by atoms with Gasteiger partial charge in [0.1, 0.15) is 17.3 Å². The summed E-state index contributed by atoms with van der Waals surface area (Å²) in [6.07, 6.45) is 7.88. The normalized spacial score (nSPS) is 32.3. The van der Waals surface area contributed by atoms with Gasteiger partial charge in [-0.1, -0.05) is 31.5 Å². The highest BCUT2D eigenvalue weighted by molar-refractivity contribution is 7.97. The zero-order valence-corrected chi connectivity index (χ0v) is 25.6. The van der Waals surface area contributed by atoms with E-state index >= 15 is 0 Å². The molecule has 6 unspecified atom stereocenters. The number of rotatable bonds is 8. The third-order valence-corrected chi connectivity index (χ3v) is 14.4. The fraction of sp³-hybridized carbons (Fsp3) is 0.688. The van der Waals surface area contributed by atoms with Gasteiger partial charge >= 0.3 is 11.2 Å². The molecule has 0 amide bonds. The summed E-state index contributed by atoms with van der Waals surface area (Å²) in [5.41, 5.74) is -2.01. The SMILES string of the molecule is CCCCOc1ccc([S+]2CCCC2)c2ccccc12.O=S(=O)([O-])C(F)(F)C(F)(F)C12CCC(C1)C1C3CCC(C3)C12. The molecular weight excluding hydrogens is 588 g/mol. The Kier molecular flexibility index (Phi) is 8.08. The largest absolute Gasteiger partial charge is 0.743 e. The molecule has 1 aliphatic heterocycles. The molecule has 4 saturated carbocycles. The van der Waals surface area contributed by atoms with Crippen LogP contribution >= 0.6 is 0 Å². The molecule has 4 aliphatic carbocycles. The highest BCUT2D eigenvalue weighted by Gasteiger charge is 2.80. The van der Waals surface area contributed by atoms with E-state index in [-0.39, 0.29) is 30.6 Å². The standard InChI is InChI=1S/C18H23OS.C14H18F4O3S/c1-2-3-12-19-17-10-11-18(20-13-6-7-14-20)16-9-5-4-8-15(16)17;15-13(16,14(17,18)22(19,20)21)12-4-3-9(6-12)10-7-1-2-8(5-7)11(10)12/h4-5,8-11H,2-3,6-7,12-14H2,1H3;7-11H,1-6H2,(H,19,20,21)/q+1;/p-1. The Morgan fingerprint density at radius 1 is 0.976 bits per heavy atom. The maximum Gasteiger partial charge on any atom is 0.396 e. The Balaban J connectivity index is 0.000000151. The summed E-state index contributed by atoms with van der Waals surface area (Å²) in [4.78, 5) is 1.56. The van der Waals surface area contributed by atoms with Gasteiger partial charge in [0.25, 0.3) is 0 Å². The molecule has 6 atom stereocenters. The molecule has 5 aliphatic rings. The van der Waals surface area contributed by atoms with Gasteiger partial charge in [-0.25, -0.2) is 8.42 Å². The maximum absolute atomic E-state index is 14.7. The van der Waals surface area contributed by atoms with Crippen molar-refractivity contribution in [3.05, 3.63) is 36.4 Å². The second-order valence-electron chi connectivity index (χ2n) is 13.1. The van der Waals surface area contributed by atoms with Crippen molar-refractivity contribution in [2.75, 3.05) is 18.1 Å². The molecule has 5 fully saturated rings. The van der Waals surface area contributed by atoms with E-state index in [9.17, 15) is 30.5 Å². The molecule has 0 spiro atoms. The summed E-state index contributed by atoms with van der Waals surface area (Å²) in [5.74, 6) is -1.24. The van der Waals surface area contributed by atoms with Gasteiger partial charge in [-0.3, -0.25) is 0 Å². The molecule has 4 bridgehead atoms. The van der Waals surface area contributed by atoms with Crippen LogP contribution in [0.4, 0.5) is 17.6 Å². The molecule has 4 nitrogen and oxygen atoms in total. The van der Waals surface area contributed by atoms with E-state index in [0.29, 0.717) is 23.2 Å². The number of unbranched alkanes of at least 4 members (excludes halogenated alkanes) is 1. The van der Waals surface area contributed by atoms with Crippen molar-refractivity contribution in [2.24, 2.45) is 35.0 Å². The van der Waals surface area contributed by atoms with Crippen molar-refractivity contribution in [1.82, 2.24) is 0 Å². The molecule has 1 heterocycles. The van der Waals surface area contributed by atoms with Crippen LogP contribution in [0.1, 0.15) is 71.1 Å². The van der Waals surface area contributed by atoms with Gasteiger partial charge in [-0.2, -0.15) is 17.6 Å². The van der Waals surface area contributed by atoms with Gasteiger partial charge in [0, 0.05) is 27.1 Å². The summed E-state index contributed by atoms with van der Waals surface area (Å²) < 4.78 is 95.5. The molecular formula is C32H40F4O4S2. The second kappa shape index (κ2) is 11.1. The van der Waals surface area contributed by atoms with Gasteiger partial charge in [-0.05, 0) is 106 Å². The van der Waals surface area contributed by atoms with E-state index in [1.165, 1.54) is 41.5 Å². The molecule has 2 aromatic carbocycles. The number of alkyl halides is 4. The van der Waals surface area contributed by atoms with Crippen LogP contribution in [0.5, 0.6) is 5.75 Å². The highest BCUT2D eigenvalue weighted by atomic mass is 32.2. The predicted molar refractivity (Wildman–Crippen MR) is 156 cm³/mol. The molecule has 232 valence electrons. The lowest BCUT2D eigenvalue weighted by molar-refractivity contribution is -0.248. The van der Waals surface area contributed by atoms with Crippen LogP contribution in [0, 0.1) is 35.0 Å². The zero-order chi connectivity index (χ0) is 29.9. The lowest BCUT2D eigenvalue weighted by atomic mass is 9.62. The fourth-order valence-electron chi connectivity index (χ4n) is 9.34. The zero-order valence-electron chi connectivity index (χ0n) is 24.0. The third kappa shape index (κ3) is 4.68. The van der Waals surface area contributed by atoms with E-state index in [1.807, 2.05) is 0 Å². The van der Waals surface area contributed by atoms with Crippen LogP contribution in [0.2, 0.25) is 0 Å². The first kappa shape index (κ1) is 30.5. The molecule has 7 rings (SSSR count). The Morgan fingerprint density at radius 3 is 2.36 bits per heavy atom. The van der Waals surface area contributed by atoms with E-state index in [0.717, 1.165) is 38.0 Å². The molecule has 0 aromatic heterocycles. The van der Waals surface area contributed by atoms with E-state index < -0.39 is 32.6 Å². The number of halogens is 4. The number of benzene rings is 2. The number of fused-ring (bicyclic) bond motifs is 10. The van der Waals surface area contributed by atoms with Crippen molar-refractivity contribution in [3.63, 3.8) is 0 Å². The maximum atomic E-state index is 14.7. The van der Waals surface area contributed by atoms with Crippen LogP contribution in [0.25, 0.3) is 10.8 Å². The van der Waals surface area contributed by atoms with Crippen molar-refractivity contribution in [3.8, 4) is 5.75 Å². The molecule has 0 radical (unpaired) electrons. The topological polar surface area (TPSA) is 66.4 Å². The summed E-state index contributed by atoms with van der Waals surface area (Å²) in [5, 5.41) is -2.83. The van der Waals surface area contributed by atoms with Crippen molar-refractivity contribution >= 4 is 31.8 Å². The third-order valence-electron chi connectivity index (χ3n) is 11.0. The van der Waals surface area contributed by atoms with Gasteiger partial charge in [-0.15, -0.1) is 0 Å². The van der Waals surface area contributed by atoms with E-state index in [1.54, 1.807) is 4.90 Å². The van der Waals surface area contributed by atoms with Crippen LogP contribution in [0.15, 0.2) is 41.3 Å². The first-order chi connectivity index (χ1) is 19.9. The lowest BCUT2D eigenvalue weighted by Gasteiger charge is -2.48. The van der Waals surface area contributed by atoms with Gasteiger partial charge in [0.15, 0.2) is 15.0 Å². The molecule has 2 aromatic rings. The number of hydrogen-bond acceptors (Lipinski definition) is 4. The average Bonchev–Trinajstić information content (AvgIpc) is 3.79. The highest BCUT2D eigenvalue weighted by Crippen LogP contribution is 2.77. The smallest absolute Gasteiger partial charge is 0.396 e. The summed E-state index contributed by atoms with van der Waals surface area (Å²) >= 11 is 0. The minimum Gasteiger partial charge on any atom is -0.743 e. The Hall–Kier alpha value is -1.52. The summed E-state index contributed by atoms with van der Waals surface area (Å²) in [7, 11) is -5.94. The van der Waals surface area contributed by atoms with Gasteiger partial charge in [0.2, 0.25) is 0 Å². The summed E-state index contributed by atoms with van der Waals surface area (Å²) in [6, 6.07) is 13.3. The summed E-state index contributed by atoms with van der Waals surface area (Å²) in [6.45, 7) is 3.03. The fourth-order valence-corrected chi connectivity index (χ4v) is 12.4. The van der Waals surface area contributed by atoms with Crippen LogP contribution < -0.4 is 4.74 Å². The minimum absolute atomic E-state index is 0.0172. The van der Waals surface area contributed by atoms with Crippen molar-refractivity contribution in [2.45, 2.75) is 87.2 Å². The van der Waals surface area contributed by atoms with Crippen molar-refractivity contribution in [1.29, 1.82) is 0 Å². The molecule has 1 saturated heterocycles. The monoisotopic (exact) mass is 628 g/mol. The number of hydrogen-bond donors (Lipinski definition) is 0. The Labute approximate surface area is 249 Å². The quantitative estimate of drug-likeness (QED) is 0.0977. The van der Waals surface area contributed by atoms with E-state index in [2.05, 4.69) is 43.3 Å². The van der Waals surface area contributed by atoms with Gasteiger partial charge in [0.05, 0.1) is 6.61 Å². The molecule has 10 heteroatoms. The van der Waals surface area contributed by atoms with Crippen LogP contribution in [-0.2, 0) is 21.0 Å².